The Balaban J connectivity index is 1.67. The Morgan fingerprint density at radius 3 is 2.47 bits per heavy atom. The molecule has 1 fully saturated rings. The van der Waals surface area contributed by atoms with Gasteiger partial charge in [0.15, 0.2) is 5.11 Å². The van der Waals surface area contributed by atoms with Crippen molar-refractivity contribution in [3.8, 4) is 0 Å². The number of hydrogen-bond acceptors (Lipinski definition) is 3. The molecule has 0 radical (unpaired) electrons. The Bertz CT molecular complexity index is 1290. The molecule has 5 heteroatoms. The van der Waals surface area contributed by atoms with Crippen molar-refractivity contribution in [1.82, 2.24) is 10.3 Å². The van der Waals surface area contributed by atoms with Crippen LogP contribution in [-0.2, 0) is 0 Å². The first-order chi connectivity index (χ1) is 16.2. The minimum Gasteiger partial charge on any atom is -0.366 e. The lowest BCUT2D eigenvalue weighted by atomic mass is 9.86. The summed E-state index contributed by atoms with van der Waals surface area (Å²) >= 11 is 5.91. The standard InChI is InChI=1S/C29H32N4S/c1-18-10-12-22(15-19(18)2)33-27(26(31-28(33)34)24-9-7-8-14-30-24)21-11-13-25-23(16-21)20(3)17-29(4,5)32(25)6/h7-17,26-27H,1-6H3,(H,31,34)/t26-,27-/m1/s1. The number of fused-ring (bicyclic) bond motifs is 1. The fourth-order valence-electron chi connectivity index (χ4n) is 5.21. The van der Waals surface area contributed by atoms with Crippen molar-refractivity contribution in [2.45, 2.75) is 52.2 Å². The third-order valence-electron chi connectivity index (χ3n) is 7.45. The van der Waals surface area contributed by atoms with Crippen molar-refractivity contribution >= 4 is 34.3 Å². The predicted molar refractivity (Wildman–Crippen MR) is 146 cm³/mol. The van der Waals surface area contributed by atoms with E-state index in [0.717, 1.165) is 16.5 Å². The van der Waals surface area contributed by atoms with Crippen molar-refractivity contribution < 1.29 is 0 Å². The number of anilines is 2. The first kappa shape index (κ1) is 22.6. The maximum Gasteiger partial charge on any atom is 0.174 e. The Morgan fingerprint density at radius 2 is 1.76 bits per heavy atom. The van der Waals surface area contributed by atoms with Crippen molar-refractivity contribution in [3.05, 3.63) is 94.8 Å². The summed E-state index contributed by atoms with van der Waals surface area (Å²) in [5.41, 5.74) is 9.68. The summed E-state index contributed by atoms with van der Waals surface area (Å²) in [5.74, 6) is 0. The molecule has 2 atom stereocenters. The van der Waals surface area contributed by atoms with Gasteiger partial charge in [-0.2, -0.15) is 0 Å². The Hall–Kier alpha value is -3.18. The number of rotatable bonds is 3. The Labute approximate surface area is 208 Å². The highest BCUT2D eigenvalue weighted by Crippen LogP contribution is 2.45. The molecule has 0 bridgehead atoms. The van der Waals surface area contributed by atoms with Crippen LogP contribution in [-0.4, -0.2) is 22.7 Å². The van der Waals surface area contributed by atoms with Gasteiger partial charge in [0.2, 0.25) is 0 Å². The number of nitrogens with one attached hydrogen (secondary N) is 1. The maximum atomic E-state index is 5.91. The van der Waals surface area contributed by atoms with E-state index >= 15 is 0 Å². The predicted octanol–water partition coefficient (Wildman–Crippen LogP) is 6.51. The number of thiocarbonyl (C=S) groups is 1. The van der Waals surface area contributed by atoms with Gasteiger partial charge in [-0.05, 0) is 105 Å². The summed E-state index contributed by atoms with van der Waals surface area (Å²) < 4.78 is 0. The van der Waals surface area contributed by atoms with Crippen molar-refractivity contribution in [1.29, 1.82) is 0 Å². The van der Waals surface area contributed by atoms with Crippen LogP contribution in [0.2, 0.25) is 0 Å². The highest BCUT2D eigenvalue weighted by Gasteiger charge is 2.41. The molecule has 0 aliphatic carbocycles. The van der Waals surface area contributed by atoms with Crippen LogP contribution in [0.25, 0.3) is 5.57 Å². The van der Waals surface area contributed by atoms with E-state index in [2.05, 4.69) is 105 Å². The van der Waals surface area contributed by atoms with E-state index in [1.165, 1.54) is 33.5 Å². The fourth-order valence-corrected chi connectivity index (χ4v) is 5.55. The monoisotopic (exact) mass is 468 g/mol. The molecular weight excluding hydrogens is 436 g/mol. The highest BCUT2D eigenvalue weighted by molar-refractivity contribution is 7.80. The zero-order valence-corrected chi connectivity index (χ0v) is 21.6. The molecule has 0 saturated carbocycles. The SMILES string of the molecule is CC1=CC(C)(C)N(C)c2ccc([C@@H]3[C@@H](c4ccccn4)NC(=S)N3c3ccc(C)c(C)c3)cc21. The molecule has 0 unspecified atom stereocenters. The molecule has 2 aromatic carbocycles. The lowest BCUT2D eigenvalue weighted by Crippen LogP contribution is -2.42. The second kappa shape index (κ2) is 8.24. The molecular formula is C29H32N4S. The summed E-state index contributed by atoms with van der Waals surface area (Å²) in [6, 6.07) is 19.5. The maximum absolute atomic E-state index is 5.91. The minimum absolute atomic E-state index is 0.0113. The normalized spacial score (nSPS) is 21.2. The Kier molecular flexibility index (Phi) is 5.48. The molecule has 3 heterocycles. The quantitative estimate of drug-likeness (QED) is 0.443. The number of pyridine rings is 1. The molecule has 0 amide bonds. The van der Waals surface area contributed by atoms with Gasteiger partial charge in [-0.1, -0.05) is 24.3 Å². The van der Waals surface area contributed by atoms with Gasteiger partial charge in [-0.25, -0.2) is 0 Å². The summed E-state index contributed by atoms with van der Waals surface area (Å²) in [7, 11) is 2.17. The molecule has 34 heavy (non-hydrogen) atoms. The van der Waals surface area contributed by atoms with Gasteiger partial charge in [0.25, 0.3) is 0 Å². The van der Waals surface area contributed by atoms with Gasteiger partial charge in [0.1, 0.15) is 0 Å². The van der Waals surface area contributed by atoms with E-state index in [9.17, 15) is 0 Å². The van der Waals surface area contributed by atoms with Crippen LogP contribution in [0.15, 0.2) is 66.9 Å². The van der Waals surface area contributed by atoms with Crippen LogP contribution in [0.1, 0.15) is 60.8 Å². The first-order valence-corrected chi connectivity index (χ1v) is 12.2. The number of allylic oxidation sites excluding steroid dienone is 1. The topological polar surface area (TPSA) is 31.4 Å². The largest absolute Gasteiger partial charge is 0.366 e. The Morgan fingerprint density at radius 1 is 0.971 bits per heavy atom. The van der Waals surface area contributed by atoms with E-state index in [-0.39, 0.29) is 17.6 Å². The summed E-state index contributed by atoms with van der Waals surface area (Å²) in [6.07, 6.45) is 4.21. The minimum atomic E-state index is -0.0459. The molecule has 3 aromatic rings. The third kappa shape index (κ3) is 3.68. The van der Waals surface area contributed by atoms with E-state index in [4.69, 9.17) is 17.2 Å². The summed E-state index contributed by atoms with van der Waals surface area (Å²) in [4.78, 5) is 9.31. The van der Waals surface area contributed by atoms with Crippen LogP contribution < -0.4 is 15.1 Å². The van der Waals surface area contributed by atoms with Gasteiger partial charge >= 0.3 is 0 Å². The number of benzene rings is 2. The van der Waals surface area contributed by atoms with Gasteiger partial charge in [0.05, 0.1) is 23.3 Å². The average molecular weight is 469 g/mol. The van der Waals surface area contributed by atoms with Gasteiger partial charge in [-0.15, -0.1) is 0 Å². The summed E-state index contributed by atoms with van der Waals surface area (Å²) in [6.45, 7) is 11.0. The molecule has 174 valence electrons. The molecule has 2 aliphatic heterocycles. The number of likely N-dealkylation sites (N-methyl/N-ethyl adjacent to an activating group) is 1. The second-order valence-electron chi connectivity index (χ2n) is 10.1. The number of nitrogens with zero attached hydrogens (tertiary/aromatic N) is 3. The number of aromatic nitrogens is 1. The van der Waals surface area contributed by atoms with Crippen LogP contribution in [0.3, 0.4) is 0 Å². The molecule has 1 saturated heterocycles. The third-order valence-corrected chi connectivity index (χ3v) is 7.76. The van der Waals surface area contributed by atoms with Crippen LogP contribution in [0.4, 0.5) is 11.4 Å². The van der Waals surface area contributed by atoms with E-state index in [1.54, 1.807) is 0 Å². The average Bonchev–Trinajstić information content (AvgIpc) is 3.16. The van der Waals surface area contributed by atoms with E-state index in [0.29, 0.717) is 0 Å². The van der Waals surface area contributed by atoms with Gasteiger partial charge < -0.3 is 15.1 Å². The first-order valence-electron chi connectivity index (χ1n) is 11.8. The number of aryl methyl sites for hydroxylation is 2. The zero-order chi connectivity index (χ0) is 24.2. The highest BCUT2D eigenvalue weighted by atomic mass is 32.1. The van der Waals surface area contributed by atoms with Crippen LogP contribution in [0.5, 0.6) is 0 Å². The smallest absolute Gasteiger partial charge is 0.174 e. The van der Waals surface area contributed by atoms with Crippen LogP contribution in [0, 0.1) is 13.8 Å². The number of hydrogen-bond donors (Lipinski definition) is 1. The van der Waals surface area contributed by atoms with Crippen molar-refractivity contribution in [2.75, 3.05) is 16.8 Å². The summed E-state index contributed by atoms with van der Waals surface area (Å²) in [5, 5.41) is 4.31. The molecule has 2 aliphatic rings. The molecule has 1 aromatic heterocycles. The van der Waals surface area contributed by atoms with E-state index < -0.39 is 0 Å². The fraction of sp³-hybridized carbons (Fsp3) is 0.310. The van der Waals surface area contributed by atoms with Gasteiger partial charge in [-0.3, -0.25) is 4.98 Å². The van der Waals surface area contributed by atoms with E-state index in [1.807, 2.05) is 18.3 Å². The molecule has 5 rings (SSSR count). The lowest BCUT2D eigenvalue weighted by molar-refractivity contribution is 0.566. The molecule has 4 nitrogen and oxygen atoms in total. The molecule has 0 spiro atoms. The molecule has 1 N–H and O–H groups in total. The van der Waals surface area contributed by atoms with Gasteiger partial charge in [0, 0.05) is 30.2 Å². The van der Waals surface area contributed by atoms with Crippen molar-refractivity contribution in [2.24, 2.45) is 0 Å². The zero-order valence-electron chi connectivity index (χ0n) is 20.8. The lowest BCUT2D eigenvalue weighted by Gasteiger charge is -2.41. The van der Waals surface area contributed by atoms with Crippen molar-refractivity contribution in [3.63, 3.8) is 0 Å². The van der Waals surface area contributed by atoms with Crippen LogP contribution >= 0.6 is 12.2 Å². The second-order valence-corrected chi connectivity index (χ2v) is 10.5.